The first-order chi connectivity index (χ1) is 11.7. The van der Waals surface area contributed by atoms with E-state index in [0.29, 0.717) is 19.8 Å². The molecule has 2 bridgehead atoms. The Balaban J connectivity index is 1.59. The topological polar surface area (TPSA) is 27.7 Å². The molecule has 2 aliphatic carbocycles. The maximum atomic E-state index is 6.05. The molecule has 3 aliphatic rings. The summed E-state index contributed by atoms with van der Waals surface area (Å²) < 4.78 is 18.2. The Labute approximate surface area is 166 Å². The molecule has 3 nitrogen and oxygen atoms in total. The second-order valence-corrected chi connectivity index (χ2v) is 17.2. The highest BCUT2D eigenvalue weighted by Crippen LogP contribution is 2.67. The molecule has 24 heavy (non-hydrogen) atoms. The van der Waals surface area contributed by atoms with Crippen LogP contribution in [0, 0.1) is 17.8 Å². The van der Waals surface area contributed by atoms with E-state index in [4.69, 9.17) is 13.3 Å². The standard InChI is InChI=1S/C15H28O3S5Si/c1-4-16-24(17-5-2,18-6-3)8-7-11-9-12-10-13(11)15-14(12)19-21-23-22-20-15/h11-15H,4-10H2,1-3H3. The minimum atomic E-state index is -2.47. The summed E-state index contributed by atoms with van der Waals surface area (Å²) in [5.41, 5.74) is 0. The van der Waals surface area contributed by atoms with Gasteiger partial charge in [-0.25, -0.2) is 0 Å². The van der Waals surface area contributed by atoms with Crippen molar-refractivity contribution in [2.24, 2.45) is 17.8 Å². The molecule has 0 spiro atoms. The molecule has 5 atom stereocenters. The first kappa shape index (κ1) is 20.6. The molecule has 0 aromatic carbocycles. The van der Waals surface area contributed by atoms with Crippen molar-refractivity contribution in [2.75, 3.05) is 19.8 Å². The summed E-state index contributed by atoms with van der Waals surface area (Å²) in [5.74, 6) is 2.66. The van der Waals surface area contributed by atoms with Crippen LogP contribution in [0.4, 0.5) is 0 Å². The molecule has 3 rings (SSSR count). The van der Waals surface area contributed by atoms with Gasteiger partial charge in [-0.05, 0) is 87.3 Å². The average molecular weight is 445 g/mol. The molecule has 0 N–H and O–H groups in total. The second-order valence-electron chi connectivity index (χ2n) is 6.50. The molecule has 5 unspecified atom stereocenters. The van der Waals surface area contributed by atoms with Gasteiger partial charge in [0.05, 0.1) is 0 Å². The fraction of sp³-hybridized carbons (Fsp3) is 1.00. The van der Waals surface area contributed by atoms with Gasteiger partial charge in [-0.15, -0.1) is 0 Å². The van der Waals surface area contributed by atoms with Crippen molar-refractivity contribution in [1.82, 2.24) is 0 Å². The van der Waals surface area contributed by atoms with Gasteiger partial charge >= 0.3 is 8.80 Å². The fourth-order valence-electron chi connectivity index (χ4n) is 4.47. The van der Waals surface area contributed by atoms with E-state index in [1.54, 1.807) is 0 Å². The molecule has 3 fully saturated rings. The Kier molecular flexibility index (Phi) is 8.46. The van der Waals surface area contributed by atoms with Crippen molar-refractivity contribution in [1.29, 1.82) is 0 Å². The van der Waals surface area contributed by atoms with Gasteiger partial charge < -0.3 is 13.3 Å². The summed E-state index contributed by atoms with van der Waals surface area (Å²) in [5, 5.41) is 1.71. The summed E-state index contributed by atoms with van der Waals surface area (Å²) in [4.78, 5) is 0. The normalized spacial score (nSPS) is 35.9. The van der Waals surface area contributed by atoms with E-state index in [1.807, 2.05) is 50.2 Å². The zero-order valence-corrected chi connectivity index (χ0v) is 19.7. The molecular formula is C15H28O3S5Si. The molecule has 9 heteroatoms. The van der Waals surface area contributed by atoms with Crippen LogP contribution >= 0.6 is 51.1 Å². The SMILES string of the molecule is CCO[Si](CCC1CC2CC1C1SSSSSC21)(OCC)OCC. The van der Waals surface area contributed by atoms with Crippen LogP contribution in [0.5, 0.6) is 0 Å². The Morgan fingerprint density at radius 3 is 2.08 bits per heavy atom. The molecule has 140 valence electrons. The lowest BCUT2D eigenvalue weighted by Crippen LogP contribution is -2.46. The zero-order chi connectivity index (χ0) is 17.0. The number of hydrogen-bond donors (Lipinski definition) is 0. The van der Waals surface area contributed by atoms with E-state index in [0.717, 1.165) is 34.3 Å². The van der Waals surface area contributed by atoms with Crippen molar-refractivity contribution in [3.63, 3.8) is 0 Å². The number of fused-ring (bicyclic) bond motifs is 5. The van der Waals surface area contributed by atoms with E-state index in [1.165, 1.54) is 19.3 Å². The van der Waals surface area contributed by atoms with Gasteiger partial charge in [0.1, 0.15) is 0 Å². The van der Waals surface area contributed by atoms with Crippen LogP contribution < -0.4 is 0 Å². The third-order valence-corrected chi connectivity index (χ3v) is 18.1. The van der Waals surface area contributed by atoms with Crippen molar-refractivity contribution < 1.29 is 13.3 Å². The van der Waals surface area contributed by atoms with Gasteiger partial charge in [0, 0.05) is 36.4 Å². The lowest BCUT2D eigenvalue weighted by atomic mass is 9.86. The highest BCUT2D eigenvalue weighted by Gasteiger charge is 2.54. The molecule has 0 amide bonds. The maximum absolute atomic E-state index is 6.05. The van der Waals surface area contributed by atoms with E-state index in [-0.39, 0.29) is 0 Å². The minimum Gasteiger partial charge on any atom is -0.374 e. The van der Waals surface area contributed by atoms with Crippen LogP contribution in [-0.4, -0.2) is 39.1 Å². The van der Waals surface area contributed by atoms with Gasteiger partial charge in [-0.1, -0.05) is 21.6 Å². The predicted octanol–water partition coefficient (Wildman–Crippen LogP) is 6.16. The van der Waals surface area contributed by atoms with E-state index in [2.05, 4.69) is 21.6 Å². The molecule has 1 aliphatic heterocycles. The van der Waals surface area contributed by atoms with Crippen LogP contribution in [0.25, 0.3) is 0 Å². The third kappa shape index (κ3) is 4.63. The summed E-state index contributed by atoms with van der Waals surface area (Å²) >= 11 is 0. The lowest BCUT2D eigenvalue weighted by molar-refractivity contribution is 0.0688. The Morgan fingerprint density at radius 2 is 1.46 bits per heavy atom. The lowest BCUT2D eigenvalue weighted by Gasteiger charge is -2.35. The maximum Gasteiger partial charge on any atom is 0.500 e. The summed E-state index contributed by atoms with van der Waals surface area (Å²) in [6.07, 6.45) is 4.06. The molecule has 2 saturated carbocycles. The van der Waals surface area contributed by atoms with Crippen molar-refractivity contribution >= 4 is 59.9 Å². The Morgan fingerprint density at radius 1 is 0.833 bits per heavy atom. The fourth-order valence-corrected chi connectivity index (χ4v) is 18.7. The van der Waals surface area contributed by atoms with Crippen molar-refractivity contribution in [3.8, 4) is 0 Å². The van der Waals surface area contributed by atoms with Crippen molar-refractivity contribution in [2.45, 2.75) is 56.6 Å². The van der Waals surface area contributed by atoms with Gasteiger partial charge in [0.25, 0.3) is 0 Å². The van der Waals surface area contributed by atoms with Gasteiger partial charge in [0.2, 0.25) is 0 Å². The molecule has 0 aromatic rings. The number of hydrogen-bond acceptors (Lipinski definition) is 8. The van der Waals surface area contributed by atoms with E-state index < -0.39 is 8.80 Å². The largest absolute Gasteiger partial charge is 0.500 e. The van der Waals surface area contributed by atoms with Crippen LogP contribution in [-0.2, 0) is 13.3 Å². The second kappa shape index (κ2) is 9.86. The summed E-state index contributed by atoms with van der Waals surface area (Å²) in [6.45, 7) is 8.21. The quantitative estimate of drug-likeness (QED) is 0.308. The van der Waals surface area contributed by atoms with Gasteiger partial charge in [-0.2, -0.15) is 0 Å². The zero-order valence-electron chi connectivity index (χ0n) is 14.6. The average Bonchev–Trinajstić information content (AvgIpc) is 3.02. The molecule has 0 radical (unpaired) electrons. The monoisotopic (exact) mass is 444 g/mol. The summed E-state index contributed by atoms with van der Waals surface area (Å²) in [7, 11) is 7.75. The van der Waals surface area contributed by atoms with Gasteiger partial charge in [-0.3, -0.25) is 0 Å². The van der Waals surface area contributed by atoms with Crippen LogP contribution in [0.3, 0.4) is 0 Å². The predicted molar refractivity (Wildman–Crippen MR) is 115 cm³/mol. The first-order valence-corrected chi connectivity index (χ1v) is 17.2. The van der Waals surface area contributed by atoms with Gasteiger partial charge in [0.15, 0.2) is 0 Å². The highest BCUT2D eigenvalue weighted by atomic mass is 33.8. The van der Waals surface area contributed by atoms with Crippen LogP contribution in [0.15, 0.2) is 0 Å². The van der Waals surface area contributed by atoms with Crippen molar-refractivity contribution in [3.05, 3.63) is 0 Å². The van der Waals surface area contributed by atoms with Crippen LogP contribution in [0.2, 0.25) is 6.04 Å². The van der Waals surface area contributed by atoms with Crippen LogP contribution in [0.1, 0.15) is 40.0 Å². The molecule has 0 aromatic heterocycles. The Bertz CT molecular complexity index is 388. The highest BCUT2D eigenvalue weighted by molar-refractivity contribution is 9.36. The third-order valence-electron chi connectivity index (χ3n) is 5.27. The smallest absolute Gasteiger partial charge is 0.374 e. The summed E-state index contributed by atoms with van der Waals surface area (Å²) in [6, 6.07) is 0.988. The van der Waals surface area contributed by atoms with E-state index >= 15 is 0 Å². The Hall–Kier alpha value is 1.85. The molecule has 1 saturated heterocycles. The molecule has 1 heterocycles. The molecular weight excluding hydrogens is 417 g/mol. The minimum absolute atomic E-state index is 0.686. The van der Waals surface area contributed by atoms with E-state index in [9.17, 15) is 0 Å². The number of rotatable bonds is 9. The first-order valence-electron chi connectivity index (χ1n) is 8.97.